The lowest BCUT2D eigenvalue weighted by Crippen LogP contribution is -2.60. The van der Waals surface area contributed by atoms with Crippen LogP contribution in [-0.2, 0) is 38.1 Å². The number of hydrogen-bond acceptors (Lipinski definition) is 9. The number of esters is 4. The van der Waals surface area contributed by atoms with Crippen LogP contribution in [0.3, 0.4) is 0 Å². The molecule has 10 aliphatic carbocycles. The molecule has 9 nitrogen and oxygen atoms in total. The third-order valence-electron chi connectivity index (χ3n) is 16.8. The van der Waals surface area contributed by atoms with Crippen LogP contribution >= 0.6 is 0 Å². The maximum absolute atomic E-state index is 12.6. The van der Waals surface area contributed by atoms with Gasteiger partial charge in [-0.3, -0.25) is 19.2 Å². The van der Waals surface area contributed by atoms with E-state index in [2.05, 4.69) is 13.8 Å². The van der Waals surface area contributed by atoms with Crippen molar-refractivity contribution < 1.29 is 43.2 Å². The smallest absolute Gasteiger partial charge is 0.312 e. The fourth-order valence-electron chi connectivity index (χ4n) is 13.5. The van der Waals surface area contributed by atoms with Crippen LogP contribution in [0.4, 0.5) is 0 Å². The minimum absolute atomic E-state index is 0.0207. The maximum atomic E-state index is 12.6. The molecular weight excluding hydrogens is 696 g/mol. The van der Waals surface area contributed by atoms with Crippen LogP contribution in [0.15, 0.2) is 0 Å². The van der Waals surface area contributed by atoms with Crippen LogP contribution in [0, 0.1) is 70.5 Å². The first kappa shape index (κ1) is 41.0. The summed E-state index contributed by atoms with van der Waals surface area (Å²) in [6.45, 7) is 16.1. The molecule has 1 saturated heterocycles. The summed E-state index contributed by atoms with van der Waals surface area (Å²) < 4.78 is 23.1. The van der Waals surface area contributed by atoms with Gasteiger partial charge in [0.1, 0.15) is 23.4 Å². The molecule has 9 atom stereocenters. The average Bonchev–Trinajstić information content (AvgIpc) is 3.77. The zero-order valence-corrected chi connectivity index (χ0v) is 35.2. The molecule has 0 aromatic carbocycles. The van der Waals surface area contributed by atoms with Crippen LogP contribution in [-0.4, -0.2) is 58.0 Å². The fourth-order valence-corrected chi connectivity index (χ4v) is 13.5. The Morgan fingerprint density at radius 3 is 1.87 bits per heavy atom. The van der Waals surface area contributed by atoms with E-state index in [1.54, 1.807) is 0 Å². The van der Waals surface area contributed by atoms with Gasteiger partial charge in [0, 0.05) is 18.3 Å². The van der Waals surface area contributed by atoms with Gasteiger partial charge in [0.05, 0.1) is 28.8 Å². The normalized spacial score (nSPS) is 44.5. The lowest BCUT2D eigenvalue weighted by molar-refractivity contribution is -0.222. The van der Waals surface area contributed by atoms with E-state index < -0.39 is 5.60 Å². The SMILES string of the molecule is CCC(C)(C)C(=O)OC1(CC)C2CC3CC(C2)CC1C3.CCC(C)C(=O)OC12CC3CC(CC(O)(C3)C1)C2.CCC(C)C(=O)OC1C2CC3C(=O)OC1C3C2. The Morgan fingerprint density at radius 2 is 1.35 bits per heavy atom. The molecule has 9 heteroatoms. The van der Waals surface area contributed by atoms with Crippen molar-refractivity contribution in [2.24, 2.45) is 70.5 Å². The molecule has 0 aromatic rings. The van der Waals surface area contributed by atoms with Gasteiger partial charge >= 0.3 is 23.9 Å². The van der Waals surface area contributed by atoms with E-state index in [1.807, 2.05) is 41.5 Å². The molecule has 10 bridgehead atoms. The van der Waals surface area contributed by atoms with Crippen LogP contribution in [0.1, 0.15) is 165 Å². The summed E-state index contributed by atoms with van der Waals surface area (Å²) >= 11 is 0. The van der Waals surface area contributed by atoms with E-state index in [1.165, 1.54) is 38.5 Å². The summed E-state index contributed by atoms with van der Waals surface area (Å²) in [5.41, 5.74) is -1.34. The molecular formula is C46H72O9. The zero-order valence-electron chi connectivity index (χ0n) is 35.2. The van der Waals surface area contributed by atoms with E-state index in [9.17, 15) is 24.3 Å². The van der Waals surface area contributed by atoms with Gasteiger partial charge < -0.3 is 24.1 Å². The highest BCUT2D eigenvalue weighted by Crippen LogP contribution is 2.62. The van der Waals surface area contributed by atoms with Crippen molar-refractivity contribution in [2.45, 2.75) is 194 Å². The van der Waals surface area contributed by atoms with Gasteiger partial charge in [-0.1, -0.05) is 41.5 Å². The molecule has 0 amide bonds. The minimum atomic E-state index is -0.542. The van der Waals surface area contributed by atoms with Gasteiger partial charge in [0.2, 0.25) is 0 Å². The lowest BCUT2D eigenvalue weighted by atomic mass is 9.49. The molecule has 1 aliphatic heterocycles. The van der Waals surface area contributed by atoms with Gasteiger partial charge in [-0.2, -0.15) is 0 Å². The van der Waals surface area contributed by atoms with Gasteiger partial charge in [0.25, 0.3) is 0 Å². The Bertz CT molecular complexity index is 1420. The van der Waals surface area contributed by atoms with Crippen molar-refractivity contribution in [2.75, 3.05) is 0 Å². The Kier molecular flexibility index (Phi) is 11.3. The third kappa shape index (κ3) is 7.64. The van der Waals surface area contributed by atoms with E-state index >= 15 is 0 Å². The summed E-state index contributed by atoms with van der Waals surface area (Å²) in [5.74, 6) is 4.66. The van der Waals surface area contributed by atoms with Crippen molar-refractivity contribution >= 4 is 23.9 Å². The predicted molar refractivity (Wildman–Crippen MR) is 207 cm³/mol. The van der Waals surface area contributed by atoms with Crippen LogP contribution in [0.2, 0.25) is 0 Å². The molecule has 11 rings (SSSR count). The molecule has 55 heavy (non-hydrogen) atoms. The first-order valence-corrected chi connectivity index (χ1v) is 22.6. The van der Waals surface area contributed by atoms with Crippen molar-refractivity contribution in [3.63, 3.8) is 0 Å². The maximum Gasteiger partial charge on any atom is 0.312 e. The first-order valence-electron chi connectivity index (χ1n) is 22.6. The number of carbonyl (C=O) groups is 4. The monoisotopic (exact) mass is 769 g/mol. The van der Waals surface area contributed by atoms with Gasteiger partial charge in [-0.05, 0) is 152 Å². The minimum Gasteiger partial charge on any atom is -0.459 e. The molecule has 10 saturated carbocycles. The van der Waals surface area contributed by atoms with Crippen LogP contribution < -0.4 is 0 Å². The highest BCUT2D eigenvalue weighted by Gasteiger charge is 2.64. The highest BCUT2D eigenvalue weighted by molar-refractivity contribution is 5.78. The summed E-state index contributed by atoms with van der Waals surface area (Å²) in [7, 11) is 0. The number of carbonyl (C=O) groups excluding carboxylic acids is 4. The molecule has 11 aliphatic rings. The number of ether oxygens (including phenoxy) is 4. The Morgan fingerprint density at radius 1 is 0.782 bits per heavy atom. The lowest BCUT2D eigenvalue weighted by Gasteiger charge is -2.60. The number of fused-ring (bicyclic) bond motifs is 1. The summed E-state index contributed by atoms with van der Waals surface area (Å²) in [4.78, 5) is 48.0. The van der Waals surface area contributed by atoms with Gasteiger partial charge in [-0.15, -0.1) is 0 Å². The quantitative estimate of drug-likeness (QED) is 0.172. The predicted octanol–water partition coefficient (Wildman–Crippen LogP) is 8.76. The fraction of sp³-hybridized carbons (Fsp3) is 0.913. The van der Waals surface area contributed by atoms with Crippen LogP contribution in [0.5, 0.6) is 0 Å². The summed E-state index contributed by atoms with van der Waals surface area (Å²) in [5, 5.41) is 10.6. The largest absolute Gasteiger partial charge is 0.459 e. The first-order chi connectivity index (χ1) is 26.0. The Balaban J connectivity index is 0.000000127. The molecule has 0 aromatic heterocycles. The van der Waals surface area contributed by atoms with Crippen molar-refractivity contribution in [1.82, 2.24) is 0 Å². The standard InChI is InChI=1S/C18H30O2.C15H24O3.C13H18O4/c1-5-17(3,4)16(19)20-18(6-2)14-8-12-7-13(10-14)11-15(18)9-12;1-3-10(2)13(16)18-15-7-11-4-12(8-15)6-14(17,5-11)9-15;1-3-6(2)12(14)16-10-7-4-8-9(5-7)13(15)17-11(8)10/h12-15H,5-11H2,1-4H3;10-12,17H,3-9H2,1-2H3;6-11H,3-5H2,1-2H3. The second-order valence-corrected chi connectivity index (χ2v) is 21.0. The number of rotatable bonds is 10. The van der Waals surface area contributed by atoms with Gasteiger partial charge in [0.15, 0.2) is 0 Å². The van der Waals surface area contributed by atoms with Gasteiger partial charge in [-0.25, -0.2) is 0 Å². The van der Waals surface area contributed by atoms with Crippen LogP contribution in [0.25, 0.3) is 0 Å². The van der Waals surface area contributed by atoms with Crippen molar-refractivity contribution in [1.29, 1.82) is 0 Å². The van der Waals surface area contributed by atoms with E-state index in [-0.39, 0.29) is 70.5 Å². The summed E-state index contributed by atoms with van der Waals surface area (Å²) in [6, 6.07) is 0. The molecule has 1 N–H and O–H groups in total. The topological polar surface area (TPSA) is 125 Å². The number of hydrogen-bond donors (Lipinski definition) is 1. The van der Waals surface area contributed by atoms with E-state index in [0.717, 1.165) is 76.0 Å². The van der Waals surface area contributed by atoms with E-state index in [0.29, 0.717) is 41.9 Å². The molecule has 11 fully saturated rings. The molecule has 0 radical (unpaired) electrons. The second-order valence-electron chi connectivity index (χ2n) is 21.0. The van der Waals surface area contributed by atoms with Crippen molar-refractivity contribution in [3.05, 3.63) is 0 Å². The molecule has 0 spiro atoms. The Labute approximate surface area is 330 Å². The Hall–Kier alpha value is -2.16. The molecule has 310 valence electrons. The zero-order chi connectivity index (χ0) is 39.7. The summed E-state index contributed by atoms with van der Waals surface area (Å²) in [6.07, 6.45) is 17.4. The molecule has 9 unspecified atom stereocenters. The molecule has 1 heterocycles. The third-order valence-corrected chi connectivity index (χ3v) is 16.8. The average molecular weight is 769 g/mol. The number of aliphatic hydroxyl groups is 1. The second kappa shape index (κ2) is 15.2. The van der Waals surface area contributed by atoms with Crippen molar-refractivity contribution in [3.8, 4) is 0 Å². The van der Waals surface area contributed by atoms with E-state index in [4.69, 9.17) is 18.9 Å². The highest BCUT2D eigenvalue weighted by atomic mass is 16.6.